The second-order valence-corrected chi connectivity index (χ2v) is 4.87. The lowest BCUT2D eigenvalue weighted by Crippen LogP contribution is -2.39. The second-order valence-electron chi connectivity index (χ2n) is 4.87. The Hall–Kier alpha value is -2.41. The van der Waals surface area contributed by atoms with Gasteiger partial charge in [0.1, 0.15) is 18.1 Å². The van der Waals surface area contributed by atoms with Gasteiger partial charge in [0, 0.05) is 24.4 Å². The predicted molar refractivity (Wildman–Crippen MR) is 73.7 cm³/mol. The lowest BCUT2D eigenvalue weighted by Gasteiger charge is -2.18. The number of benzene rings is 1. The van der Waals surface area contributed by atoms with Crippen molar-refractivity contribution in [2.75, 3.05) is 13.2 Å². The first-order chi connectivity index (χ1) is 10.2. The van der Waals surface area contributed by atoms with Crippen molar-refractivity contribution >= 4 is 22.8 Å². The highest BCUT2D eigenvalue weighted by Crippen LogP contribution is 2.31. The highest BCUT2D eigenvalue weighted by Gasteiger charge is 2.31. The van der Waals surface area contributed by atoms with Gasteiger partial charge in [-0.3, -0.25) is 14.9 Å². The van der Waals surface area contributed by atoms with Crippen LogP contribution in [0.15, 0.2) is 22.7 Å². The number of nitrogens with one attached hydrogen (secondary N) is 1. The van der Waals surface area contributed by atoms with Gasteiger partial charge < -0.3 is 15.0 Å². The molecule has 7 nitrogen and oxygen atoms in total. The Morgan fingerprint density at radius 3 is 3.05 bits per heavy atom. The molecule has 21 heavy (non-hydrogen) atoms. The van der Waals surface area contributed by atoms with Gasteiger partial charge in [-0.25, -0.2) is 0 Å². The number of imide groups is 1. The molecule has 2 heterocycles. The van der Waals surface area contributed by atoms with E-state index in [-0.39, 0.29) is 11.8 Å². The van der Waals surface area contributed by atoms with E-state index >= 15 is 0 Å². The third-order valence-corrected chi connectivity index (χ3v) is 3.43. The Morgan fingerprint density at radius 2 is 2.29 bits per heavy atom. The van der Waals surface area contributed by atoms with Crippen LogP contribution >= 0.6 is 0 Å². The normalized spacial score (nSPS) is 18.8. The van der Waals surface area contributed by atoms with Crippen LogP contribution in [0.1, 0.15) is 24.5 Å². The maximum atomic E-state index is 11.9. The Morgan fingerprint density at radius 1 is 1.43 bits per heavy atom. The van der Waals surface area contributed by atoms with Crippen molar-refractivity contribution in [1.82, 2.24) is 10.5 Å². The first-order valence-electron chi connectivity index (χ1n) is 6.75. The van der Waals surface area contributed by atoms with Crippen molar-refractivity contribution < 1.29 is 18.8 Å². The molecule has 7 heteroatoms. The van der Waals surface area contributed by atoms with Gasteiger partial charge in [-0.15, -0.1) is 0 Å². The van der Waals surface area contributed by atoms with Crippen LogP contribution in [0.4, 0.5) is 0 Å². The summed E-state index contributed by atoms with van der Waals surface area (Å²) in [7, 11) is 0. The highest BCUT2D eigenvalue weighted by atomic mass is 16.5. The number of carbonyl (C=O) groups is 2. The van der Waals surface area contributed by atoms with Gasteiger partial charge in [-0.05, 0) is 18.6 Å². The zero-order chi connectivity index (χ0) is 14.8. The number of fused-ring (bicyclic) bond motifs is 1. The number of hydrogen-bond acceptors (Lipinski definition) is 6. The van der Waals surface area contributed by atoms with Gasteiger partial charge in [0.25, 0.3) is 0 Å². The summed E-state index contributed by atoms with van der Waals surface area (Å²) in [6.07, 6.45) is 0.750. The molecule has 1 fully saturated rings. The molecule has 0 aliphatic carbocycles. The molecule has 0 radical (unpaired) electrons. The number of carbonyl (C=O) groups excluding carboxylic acids is 2. The van der Waals surface area contributed by atoms with Crippen molar-refractivity contribution in [3.8, 4) is 5.75 Å². The largest absolute Gasteiger partial charge is 0.492 e. The summed E-state index contributed by atoms with van der Waals surface area (Å²) in [6.45, 7) is 0.843. The van der Waals surface area contributed by atoms with Crippen LogP contribution in [-0.4, -0.2) is 30.1 Å². The summed E-state index contributed by atoms with van der Waals surface area (Å²) >= 11 is 0. The zero-order valence-corrected chi connectivity index (χ0v) is 11.3. The maximum absolute atomic E-state index is 11.9. The molecule has 1 unspecified atom stereocenters. The Labute approximate surface area is 120 Å². The van der Waals surface area contributed by atoms with E-state index in [1.54, 1.807) is 18.2 Å². The van der Waals surface area contributed by atoms with Gasteiger partial charge >= 0.3 is 0 Å². The van der Waals surface area contributed by atoms with E-state index in [0.29, 0.717) is 43.0 Å². The number of ether oxygens (including phenoxy) is 1. The molecule has 1 aromatic heterocycles. The lowest BCUT2D eigenvalue weighted by atomic mass is 9.93. The molecule has 0 saturated carbocycles. The summed E-state index contributed by atoms with van der Waals surface area (Å²) in [6, 6.07) is 5.30. The summed E-state index contributed by atoms with van der Waals surface area (Å²) in [4.78, 5) is 23.1. The average molecular weight is 289 g/mol. The number of aromatic nitrogens is 1. The van der Waals surface area contributed by atoms with E-state index in [9.17, 15) is 9.59 Å². The molecule has 3 N–H and O–H groups in total. The van der Waals surface area contributed by atoms with Crippen LogP contribution in [0.2, 0.25) is 0 Å². The summed E-state index contributed by atoms with van der Waals surface area (Å²) in [5.74, 6) is -0.398. The molecule has 3 rings (SSSR count). The van der Waals surface area contributed by atoms with Gasteiger partial charge in [0.2, 0.25) is 11.8 Å². The first-order valence-corrected chi connectivity index (χ1v) is 6.75. The minimum Gasteiger partial charge on any atom is -0.492 e. The summed E-state index contributed by atoms with van der Waals surface area (Å²) < 4.78 is 10.7. The maximum Gasteiger partial charge on any atom is 0.235 e. The molecule has 2 aromatic rings. The van der Waals surface area contributed by atoms with E-state index in [4.69, 9.17) is 15.0 Å². The second kappa shape index (κ2) is 5.53. The minimum absolute atomic E-state index is 0.249. The van der Waals surface area contributed by atoms with Crippen molar-refractivity contribution in [3.05, 3.63) is 23.9 Å². The Kier molecular flexibility index (Phi) is 3.57. The van der Waals surface area contributed by atoms with Crippen LogP contribution in [0.5, 0.6) is 5.75 Å². The van der Waals surface area contributed by atoms with Crippen LogP contribution in [-0.2, 0) is 9.59 Å². The number of piperidine rings is 1. The minimum atomic E-state index is -0.459. The van der Waals surface area contributed by atoms with Crippen molar-refractivity contribution in [2.45, 2.75) is 18.8 Å². The molecule has 1 saturated heterocycles. The van der Waals surface area contributed by atoms with Gasteiger partial charge in [0.15, 0.2) is 5.58 Å². The topological polar surface area (TPSA) is 107 Å². The fourth-order valence-corrected chi connectivity index (χ4v) is 2.41. The molecule has 1 aliphatic heterocycles. The smallest absolute Gasteiger partial charge is 0.235 e. The number of nitrogens with two attached hydrogens (primary N) is 1. The molecular weight excluding hydrogens is 274 g/mol. The molecular formula is C14H15N3O4. The third kappa shape index (κ3) is 2.59. The molecule has 1 aliphatic rings. The SMILES string of the molecule is NCCOc1ccc2c(C3CCC(=O)NC3=O)noc2c1. The van der Waals surface area contributed by atoms with Crippen molar-refractivity contribution in [2.24, 2.45) is 5.73 Å². The van der Waals surface area contributed by atoms with E-state index < -0.39 is 5.92 Å². The van der Waals surface area contributed by atoms with Gasteiger partial charge in [-0.2, -0.15) is 0 Å². The lowest BCUT2D eigenvalue weighted by molar-refractivity contribution is -0.134. The monoisotopic (exact) mass is 289 g/mol. The highest BCUT2D eigenvalue weighted by molar-refractivity contribution is 6.02. The van der Waals surface area contributed by atoms with Crippen LogP contribution < -0.4 is 15.8 Å². The van der Waals surface area contributed by atoms with Crippen molar-refractivity contribution in [3.63, 3.8) is 0 Å². The number of nitrogens with zero attached hydrogens (tertiary/aromatic N) is 1. The standard InChI is InChI=1S/C14H15N3O4/c15-5-6-20-8-1-2-9-11(7-8)21-17-13(9)10-3-4-12(18)16-14(10)19/h1-2,7,10H,3-6,15H2,(H,16,18,19). The fourth-order valence-electron chi connectivity index (χ4n) is 2.41. The van der Waals surface area contributed by atoms with Gasteiger partial charge in [0.05, 0.1) is 5.92 Å². The number of amides is 2. The molecule has 0 bridgehead atoms. The van der Waals surface area contributed by atoms with Crippen LogP contribution in [0, 0.1) is 0 Å². The Bertz CT molecular complexity index is 695. The zero-order valence-electron chi connectivity index (χ0n) is 11.3. The molecule has 0 spiro atoms. The van der Waals surface area contributed by atoms with E-state index in [1.165, 1.54) is 0 Å². The third-order valence-electron chi connectivity index (χ3n) is 3.43. The van der Waals surface area contributed by atoms with Crippen LogP contribution in [0.25, 0.3) is 11.0 Å². The first kappa shape index (κ1) is 13.6. The molecule has 2 amide bonds. The van der Waals surface area contributed by atoms with Crippen LogP contribution in [0.3, 0.4) is 0 Å². The van der Waals surface area contributed by atoms with E-state index in [1.807, 2.05) is 0 Å². The van der Waals surface area contributed by atoms with E-state index in [2.05, 4.69) is 10.5 Å². The average Bonchev–Trinajstić information content (AvgIpc) is 2.88. The number of hydrogen-bond donors (Lipinski definition) is 2. The molecule has 1 atom stereocenters. The predicted octanol–water partition coefficient (Wildman–Crippen LogP) is 0.685. The van der Waals surface area contributed by atoms with Crippen molar-refractivity contribution in [1.29, 1.82) is 0 Å². The quantitative estimate of drug-likeness (QED) is 0.802. The summed E-state index contributed by atoms with van der Waals surface area (Å²) in [5.41, 5.74) is 6.49. The summed E-state index contributed by atoms with van der Waals surface area (Å²) in [5, 5.41) is 7.07. The van der Waals surface area contributed by atoms with Gasteiger partial charge in [-0.1, -0.05) is 5.16 Å². The Balaban J connectivity index is 1.90. The number of rotatable bonds is 4. The molecule has 1 aromatic carbocycles. The fraction of sp³-hybridized carbons (Fsp3) is 0.357. The molecule has 110 valence electrons. The van der Waals surface area contributed by atoms with E-state index in [0.717, 1.165) is 5.39 Å².